The van der Waals surface area contributed by atoms with Gasteiger partial charge in [-0.15, -0.1) is 0 Å². The Bertz CT molecular complexity index is 226. The third-order valence-corrected chi connectivity index (χ3v) is 8.99. The third kappa shape index (κ3) is 3.13. The number of rotatable bonds is 7. The molecule has 0 amide bonds. The first-order valence-corrected chi connectivity index (χ1v) is 8.36. The Labute approximate surface area is 93.1 Å². The predicted octanol–water partition coefficient (Wildman–Crippen LogP) is 1.83. The van der Waals surface area contributed by atoms with E-state index in [1.165, 1.54) is 21.3 Å². The van der Waals surface area contributed by atoms with E-state index >= 15 is 0 Å². The van der Waals surface area contributed by atoms with Crippen LogP contribution in [0.15, 0.2) is 12.7 Å². The topological polar surface area (TPSA) is 54.0 Å². The Kier molecular flexibility index (Phi) is 5.70. The van der Waals surface area contributed by atoms with E-state index in [-0.39, 0.29) is 0 Å². The summed E-state index contributed by atoms with van der Waals surface area (Å²) in [4.78, 5) is 11.3. The Morgan fingerprint density at radius 3 is 2.00 bits per heavy atom. The molecule has 0 heterocycles. The van der Waals surface area contributed by atoms with Gasteiger partial charge >= 0.3 is 93.0 Å². The predicted molar refractivity (Wildman–Crippen MR) is 52.4 cm³/mol. The summed E-state index contributed by atoms with van der Waals surface area (Å²) in [5.74, 6) is -0.592. The molecule has 0 saturated carbocycles. The average molecular weight is 255 g/mol. The van der Waals surface area contributed by atoms with Crippen molar-refractivity contribution >= 4 is 5.97 Å². The van der Waals surface area contributed by atoms with E-state index in [0.29, 0.717) is 4.73 Å². The zero-order chi connectivity index (χ0) is 12.0. The molecule has 0 bridgehead atoms. The molecule has 0 saturated heterocycles. The van der Waals surface area contributed by atoms with Crippen molar-refractivity contribution in [3.63, 3.8) is 0 Å². The molecular weight excluding hydrogens is 236 g/mol. The molecule has 89 valence electrons. The van der Waals surface area contributed by atoms with E-state index < -0.39 is 22.8 Å². The van der Waals surface area contributed by atoms with Crippen LogP contribution in [0.2, 0.25) is 4.73 Å². The van der Waals surface area contributed by atoms with Gasteiger partial charge in [0.25, 0.3) is 0 Å². The first kappa shape index (κ1) is 14.8. The molecule has 15 heavy (non-hydrogen) atoms. The van der Waals surface area contributed by atoms with Gasteiger partial charge in [0.1, 0.15) is 0 Å². The molecule has 0 aromatic rings. The van der Waals surface area contributed by atoms with Crippen molar-refractivity contribution in [3.8, 4) is 0 Å². The van der Waals surface area contributed by atoms with Crippen LogP contribution in [0, 0.1) is 0 Å². The zero-order valence-electron chi connectivity index (χ0n) is 9.74. The summed E-state index contributed by atoms with van der Waals surface area (Å²) in [6.45, 7) is 5.26. The van der Waals surface area contributed by atoms with Crippen LogP contribution in [0.5, 0.6) is 0 Å². The van der Waals surface area contributed by atoms with Crippen molar-refractivity contribution in [2.75, 3.05) is 21.3 Å². The van der Waals surface area contributed by atoms with E-state index in [9.17, 15) is 4.79 Å². The molecule has 0 unspecified atom stereocenters. The van der Waals surface area contributed by atoms with Gasteiger partial charge in [-0.1, -0.05) is 0 Å². The fourth-order valence-corrected chi connectivity index (χ4v) is 5.68. The fourth-order valence-electron chi connectivity index (χ4n) is 1.38. The van der Waals surface area contributed by atoms with Crippen LogP contribution < -0.4 is 0 Å². The van der Waals surface area contributed by atoms with Crippen molar-refractivity contribution in [2.45, 2.75) is 18.1 Å². The van der Waals surface area contributed by atoms with Crippen LogP contribution in [0.1, 0.15) is 13.3 Å². The maximum atomic E-state index is 11.3. The van der Waals surface area contributed by atoms with Gasteiger partial charge in [0.15, 0.2) is 0 Å². The van der Waals surface area contributed by atoms with E-state index in [2.05, 4.69) is 6.58 Å². The molecule has 6 heteroatoms. The summed E-state index contributed by atoms with van der Waals surface area (Å²) < 4.78 is 21.6. The second-order valence-electron chi connectivity index (χ2n) is 3.06. The Hall–Kier alpha value is -0.196. The molecule has 5 nitrogen and oxygen atoms in total. The molecule has 0 atom stereocenters. The number of hydrogen-bond acceptors (Lipinski definition) is 5. The molecule has 0 aromatic heterocycles. The Balaban J connectivity index is 5.10. The standard InChI is InChI=1S/C3H4O2.C3H7.3CH3O.Ti/c1-2-3(4)5;1-3-2;3*1-2;/h2H,1H2,(H,4,5);1,3H2,2H3;3*1H3;/q;;3*-1;+4/p-1. The molecule has 0 aliphatic heterocycles. The third-order valence-electron chi connectivity index (χ3n) is 2.31. The van der Waals surface area contributed by atoms with Gasteiger partial charge in [-0.25, -0.2) is 0 Å². The molecule has 0 aromatic carbocycles. The van der Waals surface area contributed by atoms with Crippen LogP contribution in [0.4, 0.5) is 0 Å². The van der Waals surface area contributed by atoms with Crippen molar-refractivity contribution < 1.29 is 34.9 Å². The van der Waals surface area contributed by atoms with Gasteiger partial charge in [-0.2, -0.15) is 0 Å². The molecule has 0 fully saturated rings. The normalized spacial score (nSPS) is 14.0. The van der Waals surface area contributed by atoms with E-state index in [1.54, 1.807) is 0 Å². The summed E-state index contributed by atoms with van der Waals surface area (Å²) >= 11 is -4.49. The van der Waals surface area contributed by atoms with Gasteiger partial charge < -0.3 is 0 Å². The van der Waals surface area contributed by atoms with Crippen LogP contribution in [-0.4, -0.2) is 27.3 Å². The van der Waals surface area contributed by atoms with Gasteiger partial charge in [0.2, 0.25) is 0 Å². The molecule has 0 spiro atoms. The van der Waals surface area contributed by atoms with Gasteiger partial charge in [-0.05, 0) is 0 Å². The summed E-state index contributed by atoms with van der Waals surface area (Å²) in [7, 11) is 4.28. The van der Waals surface area contributed by atoms with Gasteiger partial charge in [0.05, 0.1) is 0 Å². The number of carbonyl (C=O) groups excluding carboxylic acids is 1. The fraction of sp³-hybridized carbons (Fsp3) is 0.667. The first-order chi connectivity index (χ1) is 7.01. The Morgan fingerprint density at radius 2 is 1.73 bits per heavy atom. The summed E-state index contributed by atoms with van der Waals surface area (Å²) in [6, 6.07) is 0. The van der Waals surface area contributed by atoms with Gasteiger partial charge in [-0.3, -0.25) is 0 Å². The molecule has 0 aliphatic carbocycles. The van der Waals surface area contributed by atoms with E-state index in [1.807, 2.05) is 6.92 Å². The molecule has 0 radical (unpaired) electrons. The van der Waals surface area contributed by atoms with Crippen LogP contribution in [-0.2, 0) is 34.9 Å². The van der Waals surface area contributed by atoms with Crippen LogP contribution >= 0.6 is 0 Å². The van der Waals surface area contributed by atoms with E-state index in [4.69, 9.17) is 13.3 Å². The molecule has 0 aliphatic rings. The van der Waals surface area contributed by atoms with Crippen molar-refractivity contribution in [2.24, 2.45) is 0 Å². The Morgan fingerprint density at radius 1 is 1.27 bits per heavy atom. The van der Waals surface area contributed by atoms with Gasteiger partial charge in [0, 0.05) is 0 Å². The summed E-state index contributed by atoms with van der Waals surface area (Å²) in [5, 5.41) is 0. The minimum absolute atomic E-state index is 0.445. The number of carbonyl (C=O) groups is 1. The van der Waals surface area contributed by atoms with Crippen molar-refractivity contribution in [1.82, 2.24) is 0 Å². The van der Waals surface area contributed by atoms with Crippen molar-refractivity contribution in [1.29, 1.82) is 0 Å². The average Bonchev–Trinajstić information content (AvgIpc) is 2.28. The summed E-state index contributed by atoms with van der Waals surface area (Å²) in [6.07, 6.45) is 1.80. The van der Waals surface area contributed by atoms with Crippen molar-refractivity contribution in [3.05, 3.63) is 12.7 Å². The SMILES string of the molecule is C=CC(=O)[O][Ti]([CH2]CC)([O]C)([O]C)[O]C. The first-order valence-electron chi connectivity index (χ1n) is 4.71. The van der Waals surface area contributed by atoms with Crippen LogP contribution in [0.3, 0.4) is 0 Å². The second-order valence-corrected chi connectivity index (χ2v) is 9.44. The summed E-state index contributed by atoms with van der Waals surface area (Å²) in [5.41, 5.74) is 0. The second kappa shape index (κ2) is 5.77. The van der Waals surface area contributed by atoms with Crippen LogP contribution in [0.25, 0.3) is 0 Å². The quantitative estimate of drug-likeness (QED) is 0.513. The van der Waals surface area contributed by atoms with E-state index in [0.717, 1.165) is 12.5 Å². The molecule has 0 N–H and O–H groups in total. The molecular formula is C9H19O5Ti. The maximum absolute atomic E-state index is 11.3. The minimum atomic E-state index is -4.49. The number of hydrogen-bond donors (Lipinski definition) is 0. The monoisotopic (exact) mass is 255 g/mol. The zero-order valence-corrected chi connectivity index (χ0v) is 11.3. The molecule has 0 rings (SSSR count).